The Morgan fingerprint density at radius 2 is 2.08 bits per heavy atom. The number of nitrogens with one attached hydrogen (secondary N) is 1. The molecule has 2 aliphatic heterocycles. The highest BCUT2D eigenvalue weighted by Gasteiger charge is 2.36. The average molecular weight is 516 g/mol. The van der Waals surface area contributed by atoms with E-state index in [9.17, 15) is 8.78 Å². The maximum Gasteiger partial charge on any atom is 0.244 e. The first-order chi connectivity index (χ1) is 18.0. The fraction of sp³-hybridized carbons (Fsp3) is 0.480. The summed E-state index contributed by atoms with van der Waals surface area (Å²) in [5, 5.41) is 7.51. The van der Waals surface area contributed by atoms with Gasteiger partial charge in [-0.25, -0.2) is 22.7 Å². The molecule has 0 aliphatic carbocycles. The minimum absolute atomic E-state index is 0.157. The van der Waals surface area contributed by atoms with Gasteiger partial charge in [-0.05, 0) is 31.0 Å². The summed E-state index contributed by atoms with van der Waals surface area (Å²) in [6.07, 6.45) is 0.722. The molecule has 0 amide bonds. The Morgan fingerprint density at radius 1 is 1.24 bits per heavy atom. The van der Waals surface area contributed by atoms with Crippen LogP contribution in [0, 0.1) is 12.7 Å². The number of likely N-dealkylation sites (tertiary alicyclic amines) is 1. The molecular formula is C25H28F3N7O2. The Labute approximate surface area is 211 Å². The number of imidazole rings is 1. The maximum atomic E-state index is 15.3. The Balaban J connectivity index is 1.33. The van der Waals surface area contributed by atoms with E-state index in [1.54, 1.807) is 22.8 Å². The Bertz CT molecular complexity index is 1450. The first kappa shape index (κ1) is 24.0. The van der Waals surface area contributed by atoms with Crippen molar-refractivity contribution < 1.29 is 22.6 Å². The van der Waals surface area contributed by atoms with E-state index >= 15 is 4.39 Å². The first-order valence-electron chi connectivity index (χ1n) is 12.3. The van der Waals surface area contributed by atoms with Gasteiger partial charge in [0.2, 0.25) is 11.8 Å². The SMILES string of the molecule is COc1nc(N[C@@H]2CCN(C3COC3)C[C@H]2F)nn2cc(F)c(-c3ccc4nc(C)n(CCF)c4c3)c12. The van der Waals surface area contributed by atoms with Crippen LogP contribution in [-0.4, -0.2) is 87.4 Å². The van der Waals surface area contributed by atoms with E-state index in [0.29, 0.717) is 54.1 Å². The van der Waals surface area contributed by atoms with Crippen LogP contribution in [0.3, 0.4) is 0 Å². The van der Waals surface area contributed by atoms with Crippen LogP contribution < -0.4 is 10.1 Å². The molecule has 2 fully saturated rings. The molecule has 1 aromatic carbocycles. The third-order valence-electron chi connectivity index (χ3n) is 7.31. The molecule has 3 aromatic heterocycles. The highest BCUT2D eigenvalue weighted by atomic mass is 19.1. The Morgan fingerprint density at radius 3 is 2.78 bits per heavy atom. The van der Waals surface area contributed by atoms with E-state index in [0.717, 1.165) is 6.54 Å². The van der Waals surface area contributed by atoms with Crippen LogP contribution in [0.15, 0.2) is 24.4 Å². The van der Waals surface area contributed by atoms with E-state index in [1.165, 1.54) is 17.8 Å². The lowest BCUT2D eigenvalue weighted by atomic mass is 10.0. The molecule has 2 saturated heterocycles. The zero-order chi connectivity index (χ0) is 25.7. The average Bonchev–Trinajstić information content (AvgIpc) is 3.34. The number of alkyl halides is 2. The number of fused-ring (bicyclic) bond motifs is 2. The summed E-state index contributed by atoms with van der Waals surface area (Å²) < 4.78 is 57.3. The molecule has 2 aliphatic rings. The molecule has 12 heteroatoms. The highest BCUT2D eigenvalue weighted by Crippen LogP contribution is 2.36. The monoisotopic (exact) mass is 515 g/mol. The van der Waals surface area contributed by atoms with Gasteiger partial charge >= 0.3 is 0 Å². The number of rotatable bonds is 7. The number of benzene rings is 1. The zero-order valence-electron chi connectivity index (χ0n) is 20.6. The van der Waals surface area contributed by atoms with E-state index < -0.39 is 24.7 Å². The molecule has 6 rings (SSSR count). The second-order valence-corrected chi connectivity index (χ2v) is 9.53. The predicted molar refractivity (Wildman–Crippen MR) is 132 cm³/mol. The molecule has 4 aromatic rings. The molecule has 0 spiro atoms. The van der Waals surface area contributed by atoms with Gasteiger partial charge < -0.3 is 19.4 Å². The summed E-state index contributed by atoms with van der Waals surface area (Å²) in [6.45, 7) is 3.79. The third kappa shape index (κ3) is 4.17. The fourth-order valence-electron chi connectivity index (χ4n) is 5.29. The van der Waals surface area contributed by atoms with Crippen molar-refractivity contribution in [1.29, 1.82) is 0 Å². The molecule has 0 unspecified atom stereocenters. The minimum atomic E-state index is -1.11. The van der Waals surface area contributed by atoms with Crippen molar-refractivity contribution in [2.75, 3.05) is 45.4 Å². The molecule has 0 saturated carbocycles. The van der Waals surface area contributed by atoms with Crippen molar-refractivity contribution in [1.82, 2.24) is 29.0 Å². The molecule has 1 N–H and O–H groups in total. The summed E-state index contributed by atoms with van der Waals surface area (Å²) in [5.41, 5.74) is 2.57. The number of piperidine rings is 1. The summed E-state index contributed by atoms with van der Waals surface area (Å²) in [5.74, 6) is 0.480. The van der Waals surface area contributed by atoms with Crippen molar-refractivity contribution in [3.8, 4) is 17.0 Å². The lowest BCUT2D eigenvalue weighted by Crippen LogP contribution is -2.57. The quantitative estimate of drug-likeness (QED) is 0.404. The van der Waals surface area contributed by atoms with Gasteiger partial charge in [0.1, 0.15) is 24.2 Å². The standard InChI is InChI=1S/C25H28F3N7O2/c1-14-29-20-4-3-15(9-21(20)34(14)8-6-26)22-18(28)11-35-23(22)24(36-2)31-25(32-35)30-19-5-7-33(10-17(19)27)16-12-37-13-16/h3-4,9,11,16-17,19H,5-8,10,12-13H2,1-2H3,(H,30,32)/t17-,19-/m1/s1. The smallest absolute Gasteiger partial charge is 0.244 e. The van der Waals surface area contributed by atoms with Crippen LogP contribution in [0.25, 0.3) is 27.7 Å². The number of hydrogen-bond acceptors (Lipinski definition) is 7. The zero-order valence-corrected chi connectivity index (χ0v) is 20.6. The van der Waals surface area contributed by atoms with Gasteiger partial charge in [-0.1, -0.05) is 6.07 Å². The Hall–Kier alpha value is -3.38. The summed E-state index contributed by atoms with van der Waals surface area (Å²) >= 11 is 0. The van der Waals surface area contributed by atoms with Crippen LogP contribution in [0.1, 0.15) is 12.2 Å². The van der Waals surface area contributed by atoms with Gasteiger partial charge in [0.25, 0.3) is 0 Å². The van der Waals surface area contributed by atoms with Crippen molar-refractivity contribution in [3.63, 3.8) is 0 Å². The highest BCUT2D eigenvalue weighted by molar-refractivity contribution is 5.90. The van der Waals surface area contributed by atoms with E-state index in [1.807, 2.05) is 6.92 Å². The molecular weight excluding hydrogens is 487 g/mol. The number of aromatic nitrogens is 5. The Kier molecular flexibility index (Phi) is 6.15. The van der Waals surface area contributed by atoms with Crippen molar-refractivity contribution in [3.05, 3.63) is 36.0 Å². The fourth-order valence-corrected chi connectivity index (χ4v) is 5.29. The number of anilines is 1. The molecule has 0 bridgehead atoms. The minimum Gasteiger partial charge on any atom is -0.479 e. The number of nitrogens with zero attached hydrogens (tertiary/aromatic N) is 6. The second kappa shape index (κ2) is 9.49. The first-order valence-corrected chi connectivity index (χ1v) is 12.3. The summed E-state index contributed by atoms with van der Waals surface area (Å²) in [7, 11) is 1.45. The molecule has 9 nitrogen and oxygen atoms in total. The normalized spacial score (nSPS) is 21.0. The van der Waals surface area contributed by atoms with E-state index in [2.05, 4.69) is 25.3 Å². The van der Waals surface area contributed by atoms with Gasteiger partial charge in [-0.15, -0.1) is 5.10 Å². The topological polar surface area (TPSA) is 81.7 Å². The van der Waals surface area contributed by atoms with Crippen LogP contribution in [-0.2, 0) is 11.3 Å². The van der Waals surface area contributed by atoms with Crippen molar-refractivity contribution >= 4 is 22.5 Å². The second-order valence-electron chi connectivity index (χ2n) is 9.53. The van der Waals surface area contributed by atoms with Crippen molar-refractivity contribution in [2.24, 2.45) is 0 Å². The van der Waals surface area contributed by atoms with Crippen molar-refractivity contribution in [2.45, 2.75) is 38.1 Å². The predicted octanol–water partition coefficient (Wildman–Crippen LogP) is 3.39. The summed E-state index contributed by atoms with van der Waals surface area (Å²) in [6, 6.07) is 5.13. The van der Waals surface area contributed by atoms with Gasteiger partial charge in [0.15, 0.2) is 5.82 Å². The number of ether oxygens (including phenoxy) is 2. The van der Waals surface area contributed by atoms with Gasteiger partial charge in [-0.2, -0.15) is 4.98 Å². The van der Waals surface area contributed by atoms with Gasteiger partial charge in [0.05, 0.1) is 61.7 Å². The van der Waals surface area contributed by atoms with Crippen LogP contribution in [0.2, 0.25) is 0 Å². The van der Waals surface area contributed by atoms with Gasteiger partial charge in [-0.3, -0.25) is 4.90 Å². The molecule has 5 heterocycles. The lowest BCUT2D eigenvalue weighted by Gasteiger charge is -2.42. The van der Waals surface area contributed by atoms with Crippen LogP contribution >= 0.6 is 0 Å². The third-order valence-corrected chi connectivity index (χ3v) is 7.31. The van der Waals surface area contributed by atoms with Crippen LogP contribution in [0.4, 0.5) is 19.1 Å². The van der Waals surface area contributed by atoms with Gasteiger partial charge in [0, 0.05) is 13.1 Å². The molecule has 37 heavy (non-hydrogen) atoms. The summed E-state index contributed by atoms with van der Waals surface area (Å²) in [4.78, 5) is 11.0. The van der Waals surface area contributed by atoms with E-state index in [4.69, 9.17) is 9.47 Å². The maximum absolute atomic E-state index is 15.3. The number of aryl methyl sites for hydroxylation is 2. The molecule has 0 radical (unpaired) electrons. The number of hydrogen-bond donors (Lipinski definition) is 1. The lowest BCUT2D eigenvalue weighted by molar-refractivity contribution is -0.0794. The number of methoxy groups -OCH3 is 1. The molecule has 2 atom stereocenters. The number of halogens is 3. The largest absolute Gasteiger partial charge is 0.479 e. The van der Waals surface area contributed by atoms with E-state index in [-0.39, 0.29) is 30.0 Å². The molecule has 196 valence electrons. The van der Waals surface area contributed by atoms with Crippen LogP contribution in [0.5, 0.6) is 5.88 Å².